The lowest BCUT2D eigenvalue weighted by atomic mass is 10.1. The fraction of sp³-hybridized carbons (Fsp3) is 0.200. The molecule has 0 saturated carbocycles. The normalized spacial score (nSPS) is 10.6. The van der Waals surface area contributed by atoms with Gasteiger partial charge in [0.1, 0.15) is 17.2 Å². The summed E-state index contributed by atoms with van der Waals surface area (Å²) in [6.07, 6.45) is 3.34. The molecule has 168 valence electrons. The van der Waals surface area contributed by atoms with Crippen LogP contribution in [0.2, 0.25) is 0 Å². The third kappa shape index (κ3) is 4.69. The van der Waals surface area contributed by atoms with Gasteiger partial charge in [0.2, 0.25) is 0 Å². The molecule has 2 heterocycles. The molecule has 0 aliphatic rings. The molecule has 4 aromatic rings. The Morgan fingerprint density at radius 1 is 1.00 bits per heavy atom. The molecule has 0 aliphatic carbocycles. The Morgan fingerprint density at radius 2 is 1.76 bits per heavy atom. The second-order valence-corrected chi connectivity index (χ2v) is 7.20. The molecule has 0 saturated heterocycles. The third-order valence-corrected chi connectivity index (χ3v) is 4.99. The van der Waals surface area contributed by atoms with E-state index in [1.165, 1.54) is 0 Å². The van der Waals surface area contributed by atoms with Gasteiger partial charge in [0.15, 0.2) is 5.69 Å². The molecule has 2 aromatic carbocycles. The Balaban J connectivity index is 1.78. The maximum absolute atomic E-state index is 13.4. The molecule has 0 fully saturated rings. The van der Waals surface area contributed by atoms with Crippen molar-refractivity contribution in [1.82, 2.24) is 20.0 Å². The van der Waals surface area contributed by atoms with Crippen molar-refractivity contribution in [2.45, 2.75) is 20.8 Å². The number of ether oxygens (including phenoxy) is 2. The van der Waals surface area contributed by atoms with Gasteiger partial charge >= 0.3 is 0 Å². The first kappa shape index (κ1) is 22.0. The van der Waals surface area contributed by atoms with Crippen molar-refractivity contribution in [3.05, 3.63) is 78.2 Å². The molecule has 0 aliphatic heterocycles. The quantitative estimate of drug-likeness (QED) is 0.425. The largest absolute Gasteiger partial charge is 0.494 e. The molecule has 8 heteroatoms. The number of hydrogen-bond acceptors (Lipinski definition) is 6. The van der Waals surface area contributed by atoms with Crippen molar-refractivity contribution in [2.75, 3.05) is 18.5 Å². The van der Waals surface area contributed by atoms with Gasteiger partial charge in [-0.2, -0.15) is 0 Å². The molecule has 1 amide bonds. The van der Waals surface area contributed by atoms with E-state index in [1.807, 2.05) is 57.2 Å². The highest BCUT2D eigenvalue weighted by Gasteiger charge is 2.24. The second kappa shape index (κ2) is 9.95. The SMILES string of the molecule is CCOc1ccc(OCC)c(NC(=O)c2nnn(-c3ccccc3C)c2-c2ccncc2)c1. The standard InChI is InChI=1S/C25H25N5O3/c1-4-32-19-10-11-22(33-5-2)20(16-19)27-25(31)23-24(18-12-14-26-15-13-18)30(29-28-23)21-9-7-6-8-17(21)3/h6-16H,4-5H2,1-3H3,(H,27,31). The minimum Gasteiger partial charge on any atom is -0.494 e. The first-order valence-electron chi connectivity index (χ1n) is 10.8. The summed E-state index contributed by atoms with van der Waals surface area (Å²) in [7, 11) is 0. The first-order chi connectivity index (χ1) is 16.1. The molecular formula is C25H25N5O3. The molecule has 2 aromatic heterocycles. The van der Waals surface area contributed by atoms with E-state index in [1.54, 1.807) is 35.3 Å². The van der Waals surface area contributed by atoms with Gasteiger partial charge in [-0.3, -0.25) is 9.78 Å². The van der Waals surface area contributed by atoms with E-state index in [9.17, 15) is 4.79 Å². The van der Waals surface area contributed by atoms with Crippen LogP contribution in [-0.2, 0) is 0 Å². The van der Waals surface area contributed by atoms with E-state index in [2.05, 4.69) is 20.6 Å². The summed E-state index contributed by atoms with van der Waals surface area (Å²) in [4.78, 5) is 17.5. The Bertz CT molecular complexity index is 1250. The highest BCUT2D eigenvalue weighted by atomic mass is 16.5. The van der Waals surface area contributed by atoms with Crippen molar-refractivity contribution in [2.24, 2.45) is 0 Å². The third-order valence-electron chi connectivity index (χ3n) is 4.99. The zero-order valence-corrected chi connectivity index (χ0v) is 18.8. The van der Waals surface area contributed by atoms with Crippen LogP contribution in [-0.4, -0.2) is 39.1 Å². The summed E-state index contributed by atoms with van der Waals surface area (Å²) in [5.74, 6) is 0.775. The average molecular weight is 444 g/mol. The highest BCUT2D eigenvalue weighted by molar-refractivity contribution is 6.07. The minimum atomic E-state index is -0.406. The molecule has 0 spiro atoms. The molecular weight excluding hydrogens is 418 g/mol. The smallest absolute Gasteiger partial charge is 0.278 e. The van der Waals surface area contributed by atoms with Gasteiger partial charge in [0, 0.05) is 24.0 Å². The van der Waals surface area contributed by atoms with E-state index >= 15 is 0 Å². The van der Waals surface area contributed by atoms with Gasteiger partial charge in [-0.05, 0) is 56.7 Å². The summed E-state index contributed by atoms with van der Waals surface area (Å²) < 4.78 is 13.0. The van der Waals surface area contributed by atoms with Gasteiger partial charge in [0.25, 0.3) is 5.91 Å². The highest BCUT2D eigenvalue weighted by Crippen LogP contribution is 2.31. The van der Waals surface area contributed by atoms with Crippen molar-refractivity contribution >= 4 is 11.6 Å². The van der Waals surface area contributed by atoms with Crippen LogP contribution < -0.4 is 14.8 Å². The van der Waals surface area contributed by atoms with E-state index in [4.69, 9.17) is 9.47 Å². The zero-order chi connectivity index (χ0) is 23.2. The number of rotatable bonds is 8. The van der Waals surface area contributed by atoms with Crippen molar-refractivity contribution < 1.29 is 14.3 Å². The number of amides is 1. The van der Waals surface area contributed by atoms with E-state index in [0.717, 1.165) is 16.8 Å². The topological polar surface area (TPSA) is 91.2 Å². The van der Waals surface area contributed by atoms with Crippen LogP contribution >= 0.6 is 0 Å². The molecule has 0 bridgehead atoms. The van der Waals surface area contributed by atoms with Gasteiger partial charge in [-0.25, -0.2) is 4.68 Å². The van der Waals surface area contributed by atoms with Gasteiger partial charge in [0.05, 0.1) is 24.6 Å². The molecule has 0 radical (unpaired) electrons. The monoisotopic (exact) mass is 443 g/mol. The number of anilines is 1. The van der Waals surface area contributed by atoms with E-state index in [-0.39, 0.29) is 5.69 Å². The maximum Gasteiger partial charge on any atom is 0.278 e. The summed E-state index contributed by atoms with van der Waals surface area (Å²) in [6.45, 7) is 6.75. The number of pyridine rings is 1. The summed E-state index contributed by atoms with van der Waals surface area (Å²) in [5, 5.41) is 11.5. The lowest BCUT2D eigenvalue weighted by Gasteiger charge is -2.14. The first-order valence-corrected chi connectivity index (χ1v) is 10.8. The Morgan fingerprint density at radius 3 is 2.48 bits per heavy atom. The fourth-order valence-electron chi connectivity index (χ4n) is 3.50. The number of carbonyl (C=O) groups is 1. The zero-order valence-electron chi connectivity index (χ0n) is 18.8. The van der Waals surface area contributed by atoms with Crippen molar-refractivity contribution in [3.8, 4) is 28.4 Å². The molecule has 0 unspecified atom stereocenters. The number of benzene rings is 2. The molecule has 1 N–H and O–H groups in total. The number of aromatic nitrogens is 4. The summed E-state index contributed by atoms with van der Waals surface area (Å²) in [6, 6.07) is 16.8. The number of carbonyl (C=O) groups excluding carboxylic acids is 1. The van der Waals surface area contributed by atoms with E-state index in [0.29, 0.717) is 36.1 Å². The lowest BCUT2D eigenvalue weighted by molar-refractivity contribution is 0.102. The number of para-hydroxylation sites is 1. The van der Waals surface area contributed by atoms with Crippen LogP contribution in [0.5, 0.6) is 11.5 Å². The van der Waals surface area contributed by atoms with Crippen LogP contribution in [0.1, 0.15) is 29.9 Å². The van der Waals surface area contributed by atoms with Crippen molar-refractivity contribution in [1.29, 1.82) is 0 Å². The molecule has 4 rings (SSSR count). The predicted molar refractivity (Wildman–Crippen MR) is 126 cm³/mol. The fourth-order valence-corrected chi connectivity index (χ4v) is 3.50. The molecule has 0 atom stereocenters. The number of nitrogens with zero attached hydrogens (tertiary/aromatic N) is 4. The Hall–Kier alpha value is -4.20. The van der Waals surface area contributed by atoms with Crippen LogP contribution in [0.3, 0.4) is 0 Å². The lowest BCUT2D eigenvalue weighted by Crippen LogP contribution is -2.15. The number of hydrogen-bond donors (Lipinski definition) is 1. The summed E-state index contributed by atoms with van der Waals surface area (Å²) in [5.41, 5.74) is 3.88. The van der Waals surface area contributed by atoms with Crippen LogP contribution in [0.25, 0.3) is 16.9 Å². The molecule has 33 heavy (non-hydrogen) atoms. The van der Waals surface area contributed by atoms with Crippen LogP contribution in [0, 0.1) is 6.92 Å². The Kier molecular flexibility index (Phi) is 6.64. The van der Waals surface area contributed by atoms with Gasteiger partial charge in [-0.1, -0.05) is 23.4 Å². The van der Waals surface area contributed by atoms with Gasteiger partial charge < -0.3 is 14.8 Å². The minimum absolute atomic E-state index is 0.189. The number of aryl methyl sites for hydroxylation is 1. The van der Waals surface area contributed by atoms with Crippen LogP contribution in [0.4, 0.5) is 5.69 Å². The van der Waals surface area contributed by atoms with Crippen molar-refractivity contribution in [3.63, 3.8) is 0 Å². The molecule has 8 nitrogen and oxygen atoms in total. The average Bonchev–Trinajstić information content (AvgIpc) is 3.27. The maximum atomic E-state index is 13.4. The second-order valence-electron chi connectivity index (χ2n) is 7.20. The van der Waals surface area contributed by atoms with Crippen LogP contribution in [0.15, 0.2) is 67.0 Å². The Labute approximate surface area is 192 Å². The van der Waals surface area contributed by atoms with Gasteiger partial charge in [-0.15, -0.1) is 5.10 Å². The van der Waals surface area contributed by atoms with E-state index < -0.39 is 5.91 Å². The predicted octanol–water partition coefficient (Wildman–Crippen LogP) is 4.69. The summed E-state index contributed by atoms with van der Waals surface area (Å²) >= 11 is 0. The number of nitrogens with one attached hydrogen (secondary N) is 1.